The molecule has 3 rings (SSSR count). The summed E-state index contributed by atoms with van der Waals surface area (Å²) >= 11 is 0. The molecule has 0 aromatic heterocycles. The van der Waals surface area contributed by atoms with Crippen LogP contribution in [-0.2, 0) is 13.1 Å². The van der Waals surface area contributed by atoms with Crippen LogP contribution in [0.25, 0.3) is 0 Å². The maximum Gasteiger partial charge on any atom is 0.401 e. The molecule has 1 unspecified atom stereocenters. The molecule has 0 saturated carbocycles. The van der Waals surface area contributed by atoms with Gasteiger partial charge in [0, 0.05) is 39.3 Å². The first kappa shape index (κ1) is 22.9. The summed E-state index contributed by atoms with van der Waals surface area (Å²) in [5.74, 6) is 0.631. The fraction of sp³-hybridized carbons (Fsp3) is 0.682. The van der Waals surface area contributed by atoms with E-state index in [1.807, 2.05) is 0 Å². The van der Waals surface area contributed by atoms with Crippen LogP contribution in [0.2, 0.25) is 0 Å². The van der Waals surface area contributed by atoms with Gasteiger partial charge in [0.15, 0.2) is 5.96 Å². The van der Waals surface area contributed by atoms with Crippen molar-refractivity contribution in [3.8, 4) is 0 Å². The van der Waals surface area contributed by atoms with E-state index >= 15 is 0 Å². The van der Waals surface area contributed by atoms with Crippen molar-refractivity contribution in [2.24, 2.45) is 4.99 Å². The second-order valence-electron chi connectivity index (χ2n) is 8.42. The van der Waals surface area contributed by atoms with Gasteiger partial charge in [-0.05, 0) is 43.5 Å². The lowest BCUT2D eigenvalue weighted by molar-refractivity contribution is -0.143. The van der Waals surface area contributed by atoms with Gasteiger partial charge in [0.2, 0.25) is 0 Å². The fourth-order valence-electron chi connectivity index (χ4n) is 4.31. The van der Waals surface area contributed by atoms with Gasteiger partial charge in [-0.25, -0.2) is 0 Å². The van der Waals surface area contributed by atoms with E-state index in [0.29, 0.717) is 32.0 Å². The van der Waals surface area contributed by atoms with Gasteiger partial charge in [0.1, 0.15) is 0 Å². The van der Waals surface area contributed by atoms with Crippen LogP contribution in [-0.4, -0.2) is 67.7 Å². The molecule has 2 saturated heterocycles. The van der Waals surface area contributed by atoms with E-state index in [1.165, 1.54) is 54.8 Å². The van der Waals surface area contributed by atoms with Crippen LogP contribution in [0.15, 0.2) is 29.3 Å². The Balaban J connectivity index is 1.46. The van der Waals surface area contributed by atoms with E-state index in [9.17, 15) is 13.2 Å². The molecule has 1 atom stereocenters. The van der Waals surface area contributed by atoms with Gasteiger partial charge in [-0.3, -0.25) is 14.8 Å². The molecule has 1 aromatic carbocycles. The summed E-state index contributed by atoms with van der Waals surface area (Å²) < 4.78 is 37.7. The summed E-state index contributed by atoms with van der Waals surface area (Å²) in [4.78, 5) is 8.21. The molecular weight excluding hydrogens is 391 g/mol. The van der Waals surface area contributed by atoms with Crippen LogP contribution in [0.1, 0.15) is 43.2 Å². The number of aliphatic imine (C=N–C) groups is 1. The summed E-state index contributed by atoms with van der Waals surface area (Å²) in [7, 11) is 1.69. The molecule has 2 fully saturated rings. The second-order valence-corrected chi connectivity index (χ2v) is 8.42. The topological polar surface area (TPSA) is 42.9 Å². The normalized spacial score (nSPS) is 22.1. The monoisotopic (exact) mass is 425 g/mol. The predicted octanol–water partition coefficient (Wildman–Crippen LogP) is 3.36. The third-order valence-corrected chi connectivity index (χ3v) is 5.80. The van der Waals surface area contributed by atoms with E-state index in [2.05, 4.69) is 44.8 Å². The van der Waals surface area contributed by atoms with Gasteiger partial charge in [-0.2, -0.15) is 13.2 Å². The number of hydrogen-bond acceptors (Lipinski definition) is 3. The van der Waals surface area contributed by atoms with Crippen molar-refractivity contribution in [2.45, 2.75) is 57.4 Å². The Morgan fingerprint density at radius 3 is 2.50 bits per heavy atom. The number of halogens is 3. The second kappa shape index (κ2) is 11.0. The number of nitrogens with zero attached hydrogens (tertiary/aromatic N) is 3. The zero-order valence-corrected chi connectivity index (χ0v) is 17.8. The minimum atomic E-state index is -4.15. The first-order valence-electron chi connectivity index (χ1n) is 11.0. The first-order chi connectivity index (χ1) is 14.4. The maximum atomic E-state index is 12.6. The Labute approximate surface area is 177 Å². The van der Waals surface area contributed by atoms with E-state index in [4.69, 9.17) is 0 Å². The van der Waals surface area contributed by atoms with Crippen LogP contribution < -0.4 is 10.6 Å². The van der Waals surface area contributed by atoms with Crippen molar-refractivity contribution in [3.05, 3.63) is 35.4 Å². The van der Waals surface area contributed by atoms with Gasteiger partial charge < -0.3 is 10.6 Å². The molecule has 2 aliphatic heterocycles. The minimum Gasteiger partial charge on any atom is -0.352 e. The summed E-state index contributed by atoms with van der Waals surface area (Å²) in [6, 6.07) is 8.56. The highest BCUT2D eigenvalue weighted by atomic mass is 19.4. The highest BCUT2D eigenvalue weighted by Crippen LogP contribution is 2.20. The average Bonchev–Trinajstić information content (AvgIpc) is 2.95. The van der Waals surface area contributed by atoms with Crippen molar-refractivity contribution in [1.82, 2.24) is 20.4 Å². The van der Waals surface area contributed by atoms with Gasteiger partial charge in [0.05, 0.1) is 6.54 Å². The van der Waals surface area contributed by atoms with Gasteiger partial charge in [-0.15, -0.1) is 0 Å². The Kier molecular flexibility index (Phi) is 8.39. The van der Waals surface area contributed by atoms with Crippen LogP contribution in [0.5, 0.6) is 0 Å². The Hall–Kier alpha value is -1.80. The average molecular weight is 426 g/mol. The molecule has 2 N–H and O–H groups in total. The fourth-order valence-corrected chi connectivity index (χ4v) is 4.31. The van der Waals surface area contributed by atoms with Gasteiger partial charge in [-0.1, -0.05) is 37.1 Å². The van der Waals surface area contributed by atoms with E-state index in [1.54, 1.807) is 7.05 Å². The summed E-state index contributed by atoms with van der Waals surface area (Å²) in [5.41, 5.74) is 2.49. The summed E-state index contributed by atoms with van der Waals surface area (Å²) in [5, 5.41) is 6.56. The number of hydrogen-bond donors (Lipinski definition) is 2. The third-order valence-electron chi connectivity index (χ3n) is 5.80. The molecule has 0 amide bonds. The number of rotatable bonds is 6. The van der Waals surface area contributed by atoms with E-state index < -0.39 is 12.7 Å². The smallest absolute Gasteiger partial charge is 0.352 e. The molecule has 168 valence electrons. The lowest BCUT2D eigenvalue weighted by Gasteiger charge is -2.21. The number of benzene rings is 1. The molecule has 0 bridgehead atoms. The van der Waals surface area contributed by atoms with Crippen molar-refractivity contribution >= 4 is 5.96 Å². The van der Waals surface area contributed by atoms with Crippen molar-refractivity contribution in [1.29, 1.82) is 0 Å². The zero-order chi connectivity index (χ0) is 21.4. The molecule has 1 aromatic rings. The molecule has 2 aliphatic rings. The lowest BCUT2D eigenvalue weighted by Crippen LogP contribution is -2.44. The lowest BCUT2D eigenvalue weighted by atomic mass is 10.1. The standard InChI is InChI=1S/C22H34F3N5/c1-26-21(28-20-9-12-30(16-20)17-22(23,24)25)27-14-18-7-6-8-19(13-18)15-29-10-4-2-3-5-11-29/h6-8,13,20H,2-5,9-12,14-17H2,1H3,(H2,26,27,28). The van der Waals surface area contributed by atoms with E-state index in [0.717, 1.165) is 6.54 Å². The van der Waals surface area contributed by atoms with Crippen molar-refractivity contribution in [3.63, 3.8) is 0 Å². The predicted molar refractivity (Wildman–Crippen MR) is 114 cm³/mol. The van der Waals surface area contributed by atoms with E-state index in [-0.39, 0.29) is 6.04 Å². The molecule has 0 spiro atoms. The SMILES string of the molecule is CN=C(NCc1cccc(CN2CCCCCC2)c1)NC1CCN(CC(F)(F)F)C1. The summed E-state index contributed by atoms with van der Waals surface area (Å²) in [6.45, 7) is 3.95. The summed E-state index contributed by atoms with van der Waals surface area (Å²) in [6.07, 6.45) is 1.77. The van der Waals surface area contributed by atoms with Gasteiger partial charge in [0.25, 0.3) is 0 Å². The number of guanidine groups is 1. The molecule has 8 heteroatoms. The molecule has 0 aliphatic carbocycles. The minimum absolute atomic E-state index is 0.0204. The van der Waals surface area contributed by atoms with Crippen LogP contribution in [0.4, 0.5) is 13.2 Å². The highest BCUT2D eigenvalue weighted by molar-refractivity contribution is 5.80. The van der Waals surface area contributed by atoms with Crippen LogP contribution >= 0.6 is 0 Å². The molecule has 2 heterocycles. The number of alkyl halides is 3. The maximum absolute atomic E-state index is 12.6. The Morgan fingerprint density at radius 1 is 1.07 bits per heavy atom. The molecular formula is C22H34F3N5. The molecule has 5 nitrogen and oxygen atoms in total. The Morgan fingerprint density at radius 2 is 1.80 bits per heavy atom. The third kappa shape index (κ3) is 7.80. The van der Waals surface area contributed by atoms with Crippen molar-refractivity contribution < 1.29 is 13.2 Å². The highest BCUT2D eigenvalue weighted by Gasteiger charge is 2.34. The van der Waals surface area contributed by atoms with Crippen LogP contribution in [0.3, 0.4) is 0 Å². The van der Waals surface area contributed by atoms with Crippen molar-refractivity contribution in [2.75, 3.05) is 39.8 Å². The Bertz CT molecular complexity index is 684. The first-order valence-corrected chi connectivity index (χ1v) is 11.0. The number of nitrogens with one attached hydrogen (secondary N) is 2. The zero-order valence-electron chi connectivity index (χ0n) is 17.8. The quantitative estimate of drug-likeness (QED) is 0.542. The largest absolute Gasteiger partial charge is 0.401 e. The van der Waals surface area contributed by atoms with Crippen LogP contribution in [0, 0.1) is 0 Å². The van der Waals surface area contributed by atoms with Gasteiger partial charge >= 0.3 is 6.18 Å². The molecule has 0 radical (unpaired) electrons. The molecule has 30 heavy (non-hydrogen) atoms. The number of likely N-dealkylation sites (tertiary alicyclic amines) is 2.